The standard InChI is InChI=1S/C19H21ClFN3O/c1-4-16(17(20)8-13(2)21)19-18(10-22)24(12-23-19)11-14-6-5-7-15(9-14)25-3/h4-9,12H,2,10-11,22H2,1,3H3/b16-4+,17-8+. The summed E-state index contributed by atoms with van der Waals surface area (Å²) in [5.41, 5.74) is 9.05. The van der Waals surface area contributed by atoms with Gasteiger partial charge in [0.1, 0.15) is 11.6 Å². The predicted octanol–water partition coefficient (Wildman–Crippen LogP) is 4.41. The minimum atomic E-state index is -0.616. The van der Waals surface area contributed by atoms with Crippen molar-refractivity contribution in [3.05, 3.63) is 77.1 Å². The fourth-order valence-electron chi connectivity index (χ4n) is 2.55. The first-order valence-electron chi connectivity index (χ1n) is 7.75. The molecule has 4 nitrogen and oxygen atoms in total. The zero-order valence-electron chi connectivity index (χ0n) is 14.3. The molecule has 0 amide bonds. The Kier molecular flexibility index (Phi) is 6.56. The molecule has 0 aliphatic rings. The highest BCUT2D eigenvalue weighted by Crippen LogP contribution is 2.29. The molecule has 132 valence electrons. The highest BCUT2D eigenvalue weighted by atomic mass is 35.5. The summed E-state index contributed by atoms with van der Waals surface area (Å²) in [5.74, 6) is 0.170. The third-order valence-corrected chi connectivity index (χ3v) is 4.02. The number of aromatic nitrogens is 2. The Hall–Kier alpha value is -2.37. The maximum atomic E-state index is 13.1. The van der Waals surface area contributed by atoms with Gasteiger partial charge >= 0.3 is 0 Å². The number of benzene rings is 1. The summed E-state index contributed by atoms with van der Waals surface area (Å²) in [6, 6.07) is 7.77. The van der Waals surface area contributed by atoms with Gasteiger partial charge in [-0.3, -0.25) is 0 Å². The summed E-state index contributed by atoms with van der Waals surface area (Å²) in [5, 5.41) is 0.233. The second kappa shape index (κ2) is 8.65. The molecule has 0 aliphatic heterocycles. The molecule has 1 aromatic heterocycles. The van der Waals surface area contributed by atoms with Crippen molar-refractivity contribution in [1.29, 1.82) is 0 Å². The molecule has 0 atom stereocenters. The van der Waals surface area contributed by atoms with E-state index in [2.05, 4.69) is 11.6 Å². The van der Waals surface area contributed by atoms with Crippen LogP contribution in [0.15, 0.2) is 60.2 Å². The van der Waals surface area contributed by atoms with Crippen LogP contribution in [0.2, 0.25) is 0 Å². The van der Waals surface area contributed by atoms with Gasteiger partial charge in [0.05, 0.1) is 29.9 Å². The van der Waals surface area contributed by atoms with Crippen LogP contribution >= 0.6 is 11.6 Å². The Labute approximate surface area is 152 Å². The molecule has 0 bridgehead atoms. The molecule has 25 heavy (non-hydrogen) atoms. The monoisotopic (exact) mass is 361 g/mol. The van der Waals surface area contributed by atoms with Crippen molar-refractivity contribution in [1.82, 2.24) is 9.55 Å². The van der Waals surface area contributed by atoms with Crippen LogP contribution < -0.4 is 10.5 Å². The number of ether oxygens (including phenoxy) is 1. The van der Waals surface area contributed by atoms with E-state index in [1.807, 2.05) is 35.8 Å². The molecule has 2 rings (SSSR count). The van der Waals surface area contributed by atoms with E-state index in [1.165, 1.54) is 0 Å². The first kappa shape index (κ1) is 19.0. The minimum absolute atomic E-state index is 0.233. The van der Waals surface area contributed by atoms with E-state index in [-0.39, 0.29) is 11.6 Å². The first-order valence-corrected chi connectivity index (χ1v) is 8.13. The van der Waals surface area contributed by atoms with E-state index >= 15 is 0 Å². The van der Waals surface area contributed by atoms with Gasteiger partial charge in [0, 0.05) is 18.7 Å². The SMILES string of the molecule is C=C(F)/C=C(Cl)\C(=C/C)c1ncn(Cc2cccc(OC)c2)c1CN. The number of hydrogen-bond acceptors (Lipinski definition) is 3. The smallest absolute Gasteiger partial charge is 0.119 e. The van der Waals surface area contributed by atoms with Crippen LogP contribution in [0.1, 0.15) is 23.9 Å². The largest absolute Gasteiger partial charge is 0.497 e. The summed E-state index contributed by atoms with van der Waals surface area (Å²) in [4.78, 5) is 4.43. The van der Waals surface area contributed by atoms with E-state index in [0.717, 1.165) is 23.1 Å². The number of halogens is 2. The van der Waals surface area contributed by atoms with E-state index < -0.39 is 5.83 Å². The Morgan fingerprint density at radius 3 is 2.84 bits per heavy atom. The van der Waals surface area contributed by atoms with E-state index in [1.54, 1.807) is 19.5 Å². The third-order valence-electron chi connectivity index (χ3n) is 3.71. The van der Waals surface area contributed by atoms with E-state index in [9.17, 15) is 4.39 Å². The van der Waals surface area contributed by atoms with Crippen molar-refractivity contribution in [2.75, 3.05) is 7.11 Å². The molecule has 0 spiro atoms. The van der Waals surface area contributed by atoms with Crippen LogP contribution in [0.4, 0.5) is 4.39 Å². The van der Waals surface area contributed by atoms with Crippen molar-refractivity contribution >= 4 is 17.2 Å². The summed E-state index contributed by atoms with van der Waals surface area (Å²) in [6.07, 6.45) is 4.65. The molecular formula is C19H21ClFN3O. The maximum Gasteiger partial charge on any atom is 0.119 e. The van der Waals surface area contributed by atoms with Gasteiger partial charge in [0.15, 0.2) is 0 Å². The second-order valence-corrected chi connectivity index (χ2v) is 5.77. The van der Waals surface area contributed by atoms with Gasteiger partial charge in [0.2, 0.25) is 0 Å². The number of nitrogens with two attached hydrogens (primary N) is 1. The van der Waals surface area contributed by atoms with Gasteiger partial charge in [-0.05, 0) is 30.7 Å². The lowest BCUT2D eigenvalue weighted by molar-refractivity contribution is 0.414. The fourth-order valence-corrected chi connectivity index (χ4v) is 2.87. The molecule has 2 aromatic rings. The highest BCUT2D eigenvalue weighted by molar-refractivity contribution is 6.37. The average molecular weight is 362 g/mol. The predicted molar refractivity (Wildman–Crippen MR) is 100 cm³/mol. The molecule has 0 saturated carbocycles. The highest BCUT2D eigenvalue weighted by Gasteiger charge is 2.16. The quantitative estimate of drug-likeness (QED) is 0.743. The van der Waals surface area contributed by atoms with Crippen molar-refractivity contribution < 1.29 is 9.13 Å². The lowest BCUT2D eigenvalue weighted by atomic mass is 10.1. The van der Waals surface area contributed by atoms with Crippen LogP contribution in [0.5, 0.6) is 5.75 Å². The van der Waals surface area contributed by atoms with Gasteiger partial charge in [-0.1, -0.05) is 36.4 Å². The zero-order chi connectivity index (χ0) is 18.4. The summed E-state index contributed by atoms with van der Waals surface area (Å²) in [6.45, 7) is 5.89. The Morgan fingerprint density at radius 2 is 2.24 bits per heavy atom. The van der Waals surface area contributed by atoms with Crippen LogP contribution in [0.25, 0.3) is 5.57 Å². The van der Waals surface area contributed by atoms with Crippen LogP contribution in [-0.2, 0) is 13.1 Å². The molecular weight excluding hydrogens is 341 g/mol. The second-order valence-electron chi connectivity index (χ2n) is 5.36. The molecule has 0 radical (unpaired) electrons. The molecule has 0 unspecified atom stereocenters. The Balaban J connectivity index is 2.39. The fraction of sp³-hybridized carbons (Fsp3) is 0.211. The van der Waals surface area contributed by atoms with E-state index in [0.29, 0.717) is 17.8 Å². The number of rotatable bonds is 7. The van der Waals surface area contributed by atoms with Crippen LogP contribution in [-0.4, -0.2) is 16.7 Å². The topological polar surface area (TPSA) is 53.1 Å². The van der Waals surface area contributed by atoms with Gasteiger partial charge in [-0.15, -0.1) is 0 Å². The normalized spacial score (nSPS) is 12.4. The van der Waals surface area contributed by atoms with Crippen molar-refractivity contribution in [2.24, 2.45) is 5.73 Å². The Morgan fingerprint density at radius 1 is 1.48 bits per heavy atom. The van der Waals surface area contributed by atoms with Gasteiger partial charge in [-0.2, -0.15) is 0 Å². The zero-order valence-corrected chi connectivity index (χ0v) is 15.1. The molecule has 0 saturated heterocycles. The van der Waals surface area contributed by atoms with Gasteiger partial charge in [0.25, 0.3) is 0 Å². The maximum absolute atomic E-state index is 13.1. The van der Waals surface area contributed by atoms with Crippen molar-refractivity contribution in [3.63, 3.8) is 0 Å². The molecule has 2 N–H and O–H groups in total. The molecule has 6 heteroatoms. The molecule has 0 aliphatic carbocycles. The summed E-state index contributed by atoms with van der Waals surface area (Å²) in [7, 11) is 1.63. The average Bonchev–Trinajstić information content (AvgIpc) is 2.97. The summed E-state index contributed by atoms with van der Waals surface area (Å²) >= 11 is 6.20. The summed E-state index contributed by atoms with van der Waals surface area (Å²) < 4.78 is 20.3. The molecule has 1 aromatic carbocycles. The van der Waals surface area contributed by atoms with Crippen LogP contribution in [0.3, 0.4) is 0 Å². The first-order chi connectivity index (χ1) is 12.0. The number of allylic oxidation sites excluding steroid dienone is 5. The van der Waals surface area contributed by atoms with Gasteiger partial charge < -0.3 is 15.0 Å². The van der Waals surface area contributed by atoms with E-state index in [4.69, 9.17) is 22.1 Å². The number of methoxy groups -OCH3 is 1. The number of nitrogens with zero attached hydrogens (tertiary/aromatic N) is 2. The van der Waals surface area contributed by atoms with Gasteiger partial charge in [-0.25, -0.2) is 9.37 Å². The lowest BCUT2D eigenvalue weighted by Crippen LogP contribution is -2.10. The minimum Gasteiger partial charge on any atom is -0.497 e. The van der Waals surface area contributed by atoms with Crippen LogP contribution in [0, 0.1) is 0 Å². The molecule has 1 heterocycles. The number of hydrogen-bond donors (Lipinski definition) is 1. The third kappa shape index (κ3) is 4.59. The lowest BCUT2D eigenvalue weighted by Gasteiger charge is -2.11. The molecule has 0 fully saturated rings. The van der Waals surface area contributed by atoms with Crippen molar-refractivity contribution in [2.45, 2.75) is 20.0 Å². The number of imidazole rings is 1. The Bertz CT molecular complexity index is 824. The van der Waals surface area contributed by atoms with Crippen molar-refractivity contribution in [3.8, 4) is 5.75 Å².